The number of nitrogens with one attached hydrogen (secondary N) is 1. The van der Waals surface area contributed by atoms with E-state index >= 15 is 0 Å². The molecular weight excluding hydrogens is 222 g/mol. The zero-order chi connectivity index (χ0) is 12.4. The lowest BCUT2D eigenvalue weighted by Gasteiger charge is -2.32. The maximum Gasteiger partial charge on any atom is 0.257 e. The Morgan fingerprint density at radius 1 is 1.65 bits per heavy atom. The molecule has 1 amide bonds. The third-order valence-electron chi connectivity index (χ3n) is 2.97. The number of aliphatic hydroxyl groups excluding tert-OH is 1. The summed E-state index contributed by atoms with van der Waals surface area (Å²) in [6, 6.07) is 0. The zero-order valence-electron chi connectivity index (χ0n) is 10.1. The van der Waals surface area contributed by atoms with Gasteiger partial charge in [0.1, 0.15) is 0 Å². The molecule has 1 atom stereocenters. The maximum atomic E-state index is 12.3. The Morgan fingerprint density at radius 2 is 2.41 bits per heavy atom. The van der Waals surface area contributed by atoms with Crippen LogP contribution in [0.4, 0.5) is 0 Å². The summed E-state index contributed by atoms with van der Waals surface area (Å²) in [5.41, 5.74) is 2.11. The molecule has 0 spiro atoms. The Labute approximate surface area is 99.6 Å². The molecule has 6 nitrogen and oxygen atoms in total. The van der Waals surface area contributed by atoms with Crippen molar-refractivity contribution in [1.82, 2.24) is 15.1 Å². The predicted molar refractivity (Wildman–Crippen MR) is 60.8 cm³/mol. The third-order valence-corrected chi connectivity index (χ3v) is 2.97. The summed E-state index contributed by atoms with van der Waals surface area (Å²) in [6.07, 6.45) is -0.278. The van der Waals surface area contributed by atoms with Crippen LogP contribution >= 0.6 is 0 Å². The lowest BCUT2D eigenvalue weighted by molar-refractivity contribution is -0.0447. The van der Waals surface area contributed by atoms with Crippen LogP contribution in [0.5, 0.6) is 0 Å². The molecule has 0 radical (unpaired) electrons. The summed E-state index contributed by atoms with van der Waals surface area (Å²) < 4.78 is 5.32. The molecule has 2 rings (SSSR count). The number of carbonyl (C=O) groups excluding carboxylic acids is 1. The topological polar surface area (TPSA) is 78.5 Å². The highest BCUT2D eigenvalue weighted by atomic mass is 16.5. The second-order valence-corrected chi connectivity index (χ2v) is 4.24. The summed E-state index contributed by atoms with van der Waals surface area (Å²) in [7, 11) is 0. The fourth-order valence-electron chi connectivity index (χ4n) is 2.04. The number of rotatable bonds is 2. The molecule has 6 heteroatoms. The molecule has 1 aromatic heterocycles. The van der Waals surface area contributed by atoms with Crippen molar-refractivity contribution in [3.63, 3.8) is 0 Å². The number of aryl methyl sites for hydroxylation is 2. The van der Waals surface area contributed by atoms with Gasteiger partial charge in [0.25, 0.3) is 5.91 Å². The van der Waals surface area contributed by atoms with E-state index in [9.17, 15) is 4.79 Å². The lowest BCUT2D eigenvalue weighted by atomic mass is 10.1. The summed E-state index contributed by atoms with van der Waals surface area (Å²) in [5.74, 6) is -0.0458. The van der Waals surface area contributed by atoms with Crippen molar-refractivity contribution < 1.29 is 14.6 Å². The van der Waals surface area contributed by atoms with Crippen LogP contribution in [0.15, 0.2) is 0 Å². The number of aliphatic hydroxyl groups is 1. The van der Waals surface area contributed by atoms with Crippen molar-refractivity contribution in [2.75, 3.05) is 26.3 Å². The predicted octanol–water partition coefficient (Wildman–Crippen LogP) is -0.140. The summed E-state index contributed by atoms with van der Waals surface area (Å²) >= 11 is 0. The minimum Gasteiger partial charge on any atom is -0.394 e. The molecule has 0 saturated carbocycles. The SMILES string of the molecule is Cc1n[nH]c(C)c1C(=O)N1CCOC(CO)C1. The number of hydrogen-bond acceptors (Lipinski definition) is 4. The van der Waals surface area contributed by atoms with Crippen LogP contribution in [0.3, 0.4) is 0 Å². The Hall–Kier alpha value is -1.40. The second kappa shape index (κ2) is 4.85. The number of aromatic nitrogens is 2. The fourth-order valence-corrected chi connectivity index (χ4v) is 2.04. The highest BCUT2D eigenvalue weighted by Crippen LogP contribution is 2.15. The minimum atomic E-state index is -0.278. The van der Waals surface area contributed by atoms with E-state index in [-0.39, 0.29) is 18.6 Å². The number of aromatic amines is 1. The van der Waals surface area contributed by atoms with Crippen molar-refractivity contribution in [2.24, 2.45) is 0 Å². The number of amides is 1. The molecule has 2 heterocycles. The van der Waals surface area contributed by atoms with Crippen LogP contribution in [0.1, 0.15) is 21.7 Å². The molecule has 0 aliphatic carbocycles. The van der Waals surface area contributed by atoms with Gasteiger partial charge in [-0.25, -0.2) is 0 Å². The minimum absolute atomic E-state index is 0.0458. The van der Waals surface area contributed by atoms with Gasteiger partial charge in [-0.1, -0.05) is 0 Å². The Bertz CT molecular complexity index is 397. The van der Waals surface area contributed by atoms with Crippen LogP contribution in [0.2, 0.25) is 0 Å². The molecule has 0 aromatic carbocycles. The van der Waals surface area contributed by atoms with E-state index in [0.29, 0.717) is 31.0 Å². The molecule has 2 N–H and O–H groups in total. The Morgan fingerprint density at radius 3 is 3.00 bits per heavy atom. The monoisotopic (exact) mass is 239 g/mol. The second-order valence-electron chi connectivity index (χ2n) is 4.24. The van der Waals surface area contributed by atoms with Gasteiger partial charge in [0.2, 0.25) is 0 Å². The van der Waals surface area contributed by atoms with E-state index < -0.39 is 0 Å². The van der Waals surface area contributed by atoms with Gasteiger partial charge in [-0.2, -0.15) is 5.10 Å². The van der Waals surface area contributed by atoms with Crippen LogP contribution in [-0.2, 0) is 4.74 Å². The summed E-state index contributed by atoms with van der Waals surface area (Å²) in [4.78, 5) is 14.0. The first-order chi connectivity index (χ1) is 8.13. The van der Waals surface area contributed by atoms with Gasteiger partial charge in [-0.05, 0) is 13.8 Å². The van der Waals surface area contributed by atoms with E-state index in [1.54, 1.807) is 11.8 Å². The standard InChI is InChI=1S/C11H17N3O3/c1-7-10(8(2)13-12-7)11(16)14-3-4-17-9(5-14)6-15/h9,15H,3-6H2,1-2H3,(H,12,13). The number of hydrogen-bond donors (Lipinski definition) is 2. The van der Waals surface area contributed by atoms with Crippen LogP contribution in [-0.4, -0.2) is 58.5 Å². The molecule has 1 unspecified atom stereocenters. The van der Waals surface area contributed by atoms with E-state index in [2.05, 4.69) is 10.2 Å². The van der Waals surface area contributed by atoms with E-state index in [0.717, 1.165) is 5.69 Å². The molecule has 1 aliphatic rings. The normalized spacial score (nSPS) is 20.6. The van der Waals surface area contributed by atoms with Crippen molar-refractivity contribution >= 4 is 5.91 Å². The van der Waals surface area contributed by atoms with Gasteiger partial charge in [0, 0.05) is 18.8 Å². The fraction of sp³-hybridized carbons (Fsp3) is 0.636. The van der Waals surface area contributed by atoms with E-state index in [1.807, 2.05) is 6.92 Å². The average molecular weight is 239 g/mol. The highest BCUT2D eigenvalue weighted by Gasteiger charge is 2.27. The van der Waals surface area contributed by atoms with Gasteiger partial charge in [-0.15, -0.1) is 0 Å². The lowest BCUT2D eigenvalue weighted by Crippen LogP contribution is -2.47. The quantitative estimate of drug-likeness (QED) is 0.753. The molecular formula is C11H17N3O3. The first kappa shape index (κ1) is 12.1. The van der Waals surface area contributed by atoms with Crippen molar-refractivity contribution in [2.45, 2.75) is 20.0 Å². The van der Waals surface area contributed by atoms with Crippen molar-refractivity contribution in [1.29, 1.82) is 0 Å². The summed E-state index contributed by atoms with van der Waals surface area (Å²) in [5, 5.41) is 15.9. The van der Waals surface area contributed by atoms with Crippen LogP contribution in [0, 0.1) is 13.8 Å². The molecule has 1 aromatic rings. The highest BCUT2D eigenvalue weighted by molar-refractivity contribution is 5.96. The number of ether oxygens (including phenoxy) is 1. The molecule has 94 valence electrons. The first-order valence-electron chi connectivity index (χ1n) is 5.66. The number of carbonyl (C=O) groups is 1. The van der Waals surface area contributed by atoms with Gasteiger partial charge in [0.15, 0.2) is 0 Å². The largest absolute Gasteiger partial charge is 0.394 e. The number of nitrogens with zero attached hydrogens (tertiary/aromatic N) is 2. The van der Waals surface area contributed by atoms with Gasteiger partial charge >= 0.3 is 0 Å². The zero-order valence-corrected chi connectivity index (χ0v) is 10.1. The smallest absolute Gasteiger partial charge is 0.257 e. The maximum absolute atomic E-state index is 12.3. The molecule has 17 heavy (non-hydrogen) atoms. The van der Waals surface area contributed by atoms with Crippen LogP contribution < -0.4 is 0 Å². The van der Waals surface area contributed by atoms with Crippen molar-refractivity contribution in [3.8, 4) is 0 Å². The molecule has 1 fully saturated rings. The molecule has 1 aliphatic heterocycles. The Kier molecular flexibility index (Phi) is 3.44. The third kappa shape index (κ3) is 2.32. The van der Waals surface area contributed by atoms with E-state index in [1.165, 1.54) is 0 Å². The number of H-pyrrole nitrogens is 1. The number of morpholine rings is 1. The van der Waals surface area contributed by atoms with Crippen LogP contribution in [0.25, 0.3) is 0 Å². The van der Waals surface area contributed by atoms with Gasteiger partial charge in [0.05, 0.1) is 30.6 Å². The summed E-state index contributed by atoms with van der Waals surface area (Å²) in [6.45, 7) is 5.02. The van der Waals surface area contributed by atoms with Gasteiger partial charge in [-0.3, -0.25) is 9.89 Å². The Balaban J connectivity index is 2.15. The molecule has 0 bridgehead atoms. The van der Waals surface area contributed by atoms with Gasteiger partial charge < -0.3 is 14.7 Å². The van der Waals surface area contributed by atoms with E-state index in [4.69, 9.17) is 9.84 Å². The first-order valence-corrected chi connectivity index (χ1v) is 5.66. The van der Waals surface area contributed by atoms with Crippen molar-refractivity contribution in [3.05, 3.63) is 17.0 Å². The average Bonchev–Trinajstić information content (AvgIpc) is 2.68. The molecule has 1 saturated heterocycles.